The minimum atomic E-state index is -0.466. The molecule has 0 spiro atoms. The van der Waals surface area contributed by atoms with E-state index in [1.165, 1.54) is 18.5 Å². The summed E-state index contributed by atoms with van der Waals surface area (Å²) in [6, 6.07) is 5.72. The van der Waals surface area contributed by atoms with Gasteiger partial charge in [-0.1, -0.05) is 19.0 Å². The van der Waals surface area contributed by atoms with Crippen molar-refractivity contribution in [3.63, 3.8) is 0 Å². The van der Waals surface area contributed by atoms with Crippen LogP contribution in [0.1, 0.15) is 36.3 Å². The average molecular weight is 328 g/mol. The second kappa shape index (κ2) is 6.53. The highest BCUT2D eigenvalue weighted by Gasteiger charge is 2.26. The number of hydrogen-bond acceptors (Lipinski definition) is 6. The van der Waals surface area contributed by atoms with Crippen LogP contribution < -0.4 is 10.9 Å². The number of nitrogens with zero attached hydrogens (tertiary/aromatic N) is 2. The number of aromatic nitrogens is 3. The van der Waals surface area contributed by atoms with Gasteiger partial charge < -0.3 is 19.2 Å². The van der Waals surface area contributed by atoms with Gasteiger partial charge in [0.2, 0.25) is 17.3 Å². The van der Waals surface area contributed by atoms with Crippen molar-refractivity contribution in [2.45, 2.75) is 19.9 Å². The SMILES string of the molecule is CC(C)[C@H](NC(=O)c1ccco1)c1nc(-c2ccc(=O)[nH]c2)no1. The third-order valence-electron chi connectivity index (χ3n) is 3.45. The average Bonchev–Trinajstić information content (AvgIpc) is 3.24. The van der Waals surface area contributed by atoms with Crippen molar-refractivity contribution in [2.75, 3.05) is 0 Å². The zero-order chi connectivity index (χ0) is 17.1. The molecule has 1 amide bonds. The van der Waals surface area contributed by atoms with Crippen molar-refractivity contribution in [2.24, 2.45) is 5.92 Å². The Kier molecular flexibility index (Phi) is 4.28. The first-order chi connectivity index (χ1) is 11.5. The lowest BCUT2D eigenvalue weighted by Crippen LogP contribution is -2.31. The number of H-pyrrole nitrogens is 1. The Morgan fingerprint density at radius 2 is 2.12 bits per heavy atom. The van der Waals surface area contributed by atoms with E-state index >= 15 is 0 Å². The fourth-order valence-electron chi connectivity index (χ4n) is 2.16. The van der Waals surface area contributed by atoms with Gasteiger partial charge in [0.1, 0.15) is 6.04 Å². The Morgan fingerprint density at radius 3 is 2.75 bits per heavy atom. The van der Waals surface area contributed by atoms with Crippen LogP contribution >= 0.6 is 0 Å². The van der Waals surface area contributed by atoms with Crippen LogP contribution in [0.25, 0.3) is 11.4 Å². The van der Waals surface area contributed by atoms with Gasteiger partial charge in [-0.05, 0) is 24.1 Å². The lowest BCUT2D eigenvalue weighted by Gasteiger charge is -2.17. The molecule has 3 aromatic heterocycles. The van der Waals surface area contributed by atoms with Gasteiger partial charge in [-0.25, -0.2) is 0 Å². The molecule has 0 radical (unpaired) electrons. The van der Waals surface area contributed by atoms with E-state index in [0.717, 1.165) is 0 Å². The highest BCUT2D eigenvalue weighted by Crippen LogP contribution is 2.23. The van der Waals surface area contributed by atoms with Crippen molar-refractivity contribution < 1.29 is 13.7 Å². The van der Waals surface area contributed by atoms with Crippen LogP contribution in [0.15, 0.2) is 50.5 Å². The second-order valence-electron chi connectivity index (χ2n) is 5.57. The number of furan rings is 1. The summed E-state index contributed by atoms with van der Waals surface area (Å²) in [6.45, 7) is 3.86. The van der Waals surface area contributed by atoms with Gasteiger partial charge >= 0.3 is 0 Å². The Balaban J connectivity index is 1.83. The molecule has 8 heteroatoms. The molecule has 2 N–H and O–H groups in total. The topological polar surface area (TPSA) is 114 Å². The van der Waals surface area contributed by atoms with Crippen molar-refractivity contribution in [1.82, 2.24) is 20.4 Å². The summed E-state index contributed by atoms with van der Waals surface area (Å²) >= 11 is 0. The molecule has 0 aliphatic rings. The number of nitrogens with one attached hydrogen (secondary N) is 2. The summed E-state index contributed by atoms with van der Waals surface area (Å²) in [6.07, 6.45) is 2.93. The molecule has 3 rings (SSSR count). The lowest BCUT2D eigenvalue weighted by molar-refractivity contribution is 0.0885. The predicted molar refractivity (Wildman–Crippen MR) is 84.1 cm³/mol. The number of hydrogen-bond donors (Lipinski definition) is 2. The maximum atomic E-state index is 12.2. The van der Waals surface area contributed by atoms with Gasteiger partial charge in [-0.3, -0.25) is 9.59 Å². The molecule has 0 aliphatic heterocycles. The Labute approximate surface area is 136 Å². The van der Waals surface area contributed by atoms with Crippen molar-refractivity contribution in [1.29, 1.82) is 0 Å². The van der Waals surface area contributed by atoms with Crippen LogP contribution in [0.5, 0.6) is 0 Å². The molecule has 124 valence electrons. The van der Waals surface area contributed by atoms with Crippen LogP contribution in [-0.4, -0.2) is 21.0 Å². The van der Waals surface area contributed by atoms with Gasteiger partial charge in [0.25, 0.3) is 5.91 Å². The van der Waals surface area contributed by atoms with E-state index in [4.69, 9.17) is 8.94 Å². The third kappa shape index (κ3) is 3.27. The highest BCUT2D eigenvalue weighted by atomic mass is 16.5. The summed E-state index contributed by atoms with van der Waals surface area (Å²) in [7, 11) is 0. The monoisotopic (exact) mass is 328 g/mol. The smallest absolute Gasteiger partial charge is 0.287 e. The molecule has 0 aromatic carbocycles. The van der Waals surface area contributed by atoms with Gasteiger partial charge in [-0.2, -0.15) is 4.98 Å². The van der Waals surface area contributed by atoms with Gasteiger partial charge in [-0.15, -0.1) is 0 Å². The quantitative estimate of drug-likeness (QED) is 0.741. The van der Waals surface area contributed by atoms with E-state index < -0.39 is 6.04 Å². The van der Waals surface area contributed by atoms with E-state index in [0.29, 0.717) is 11.4 Å². The molecule has 0 fully saturated rings. The number of amides is 1. The molecule has 0 bridgehead atoms. The van der Waals surface area contributed by atoms with Crippen LogP contribution in [0, 0.1) is 5.92 Å². The third-order valence-corrected chi connectivity index (χ3v) is 3.45. The zero-order valence-corrected chi connectivity index (χ0v) is 13.1. The Bertz CT molecular complexity index is 859. The minimum absolute atomic E-state index is 0.0211. The molecule has 8 nitrogen and oxygen atoms in total. The molecule has 0 saturated carbocycles. The first-order valence-electron chi connectivity index (χ1n) is 7.41. The van der Waals surface area contributed by atoms with Crippen molar-refractivity contribution in [3.8, 4) is 11.4 Å². The fraction of sp³-hybridized carbons (Fsp3) is 0.250. The predicted octanol–water partition coefficient (Wildman–Crippen LogP) is 2.14. The van der Waals surface area contributed by atoms with E-state index in [-0.39, 0.29) is 29.0 Å². The second-order valence-corrected chi connectivity index (χ2v) is 5.57. The molecule has 3 aromatic rings. The Hall–Kier alpha value is -3.16. The summed E-state index contributed by atoms with van der Waals surface area (Å²) < 4.78 is 10.4. The van der Waals surface area contributed by atoms with Gasteiger partial charge in [0, 0.05) is 17.8 Å². The maximum Gasteiger partial charge on any atom is 0.287 e. The minimum Gasteiger partial charge on any atom is -0.459 e. The van der Waals surface area contributed by atoms with Crippen molar-refractivity contribution in [3.05, 3.63) is 58.7 Å². The molecule has 24 heavy (non-hydrogen) atoms. The molecular formula is C16H16N4O4. The summed E-state index contributed by atoms with van der Waals surface area (Å²) in [4.78, 5) is 30.2. The van der Waals surface area contributed by atoms with Crippen LogP contribution in [0.3, 0.4) is 0 Å². The van der Waals surface area contributed by atoms with Crippen LogP contribution in [0.2, 0.25) is 0 Å². The van der Waals surface area contributed by atoms with Gasteiger partial charge in [0.15, 0.2) is 5.76 Å². The van der Waals surface area contributed by atoms with E-state index in [2.05, 4.69) is 20.4 Å². The molecule has 1 atom stereocenters. The fourth-order valence-corrected chi connectivity index (χ4v) is 2.16. The molecule has 3 heterocycles. The van der Waals surface area contributed by atoms with E-state index in [9.17, 15) is 9.59 Å². The number of carbonyl (C=O) groups excluding carboxylic acids is 1. The molecule has 0 aliphatic carbocycles. The molecule has 0 saturated heterocycles. The largest absolute Gasteiger partial charge is 0.459 e. The number of pyridine rings is 1. The first kappa shape index (κ1) is 15.7. The highest BCUT2D eigenvalue weighted by molar-refractivity contribution is 5.91. The van der Waals surface area contributed by atoms with Crippen molar-refractivity contribution >= 4 is 5.91 Å². The zero-order valence-electron chi connectivity index (χ0n) is 13.1. The lowest BCUT2D eigenvalue weighted by atomic mass is 10.0. The normalized spacial score (nSPS) is 12.3. The first-order valence-corrected chi connectivity index (χ1v) is 7.41. The van der Waals surface area contributed by atoms with Crippen LogP contribution in [0.4, 0.5) is 0 Å². The molecular weight excluding hydrogens is 312 g/mol. The standard InChI is InChI=1S/C16H16N4O4/c1-9(2)13(18-15(22)11-4-3-7-23-11)16-19-14(20-24-16)10-5-6-12(21)17-8-10/h3-9,13H,1-2H3,(H,17,21)(H,18,22)/t13-/m0/s1. The van der Waals surface area contributed by atoms with Crippen LogP contribution in [-0.2, 0) is 0 Å². The summed E-state index contributed by atoms with van der Waals surface area (Å²) in [5, 5.41) is 6.73. The van der Waals surface area contributed by atoms with E-state index in [1.54, 1.807) is 18.2 Å². The maximum absolute atomic E-state index is 12.2. The number of aromatic amines is 1. The molecule has 0 unspecified atom stereocenters. The summed E-state index contributed by atoms with van der Waals surface area (Å²) in [5.74, 6) is 0.488. The van der Waals surface area contributed by atoms with E-state index in [1.807, 2.05) is 13.8 Å². The number of rotatable bonds is 5. The number of carbonyl (C=O) groups is 1. The van der Waals surface area contributed by atoms with Gasteiger partial charge in [0.05, 0.1) is 6.26 Å². The Morgan fingerprint density at radius 1 is 1.29 bits per heavy atom. The summed E-state index contributed by atoms with van der Waals surface area (Å²) in [5.41, 5.74) is 0.401.